The second-order valence-electron chi connectivity index (χ2n) is 5.64. The minimum absolute atomic E-state index is 0.519. The molecule has 1 aliphatic rings. The number of methoxy groups -OCH3 is 1. The summed E-state index contributed by atoms with van der Waals surface area (Å²) in [6.45, 7) is 0.683. The predicted octanol–water partition coefficient (Wildman–Crippen LogP) is 3.38. The second-order valence-corrected chi connectivity index (χ2v) is 6.50. The van der Waals surface area contributed by atoms with Crippen LogP contribution in [0, 0.1) is 0 Å². The van der Waals surface area contributed by atoms with Crippen molar-refractivity contribution in [1.29, 1.82) is 0 Å². The van der Waals surface area contributed by atoms with E-state index in [-0.39, 0.29) is 0 Å². The van der Waals surface area contributed by atoms with Crippen molar-refractivity contribution < 1.29 is 4.74 Å². The maximum absolute atomic E-state index is 5.25. The van der Waals surface area contributed by atoms with Crippen molar-refractivity contribution >= 4 is 27.4 Å². The van der Waals surface area contributed by atoms with Crippen molar-refractivity contribution in [3.05, 3.63) is 46.2 Å². The van der Waals surface area contributed by atoms with Gasteiger partial charge in [-0.1, -0.05) is 6.07 Å². The van der Waals surface area contributed by atoms with Gasteiger partial charge in [0.2, 0.25) is 0 Å². The van der Waals surface area contributed by atoms with Crippen LogP contribution in [-0.2, 0) is 6.54 Å². The number of rotatable bonds is 5. The number of nitrogens with zero attached hydrogens (tertiary/aromatic N) is 4. The molecule has 0 saturated heterocycles. The number of nitrogens with one attached hydrogen (secondary N) is 1. The summed E-state index contributed by atoms with van der Waals surface area (Å²) in [4.78, 5) is 0. The van der Waals surface area contributed by atoms with Crippen molar-refractivity contribution in [2.45, 2.75) is 25.3 Å². The first-order chi connectivity index (χ1) is 11.2. The fourth-order valence-electron chi connectivity index (χ4n) is 2.51. The zero-order valence-electron chi connectivity index (χ0n) is 12.7. The Labute approximate surface area is 142 Å². The van der Waals surface area contributed by atoms with Crippen molar-refractivity contribution in [1.82, 2.24) is 19.8 Å². The van der Waals surface area contributed by atoms with Crippen molar-refractivity contribution in [3.8, 4) is 5.75 Å². The van der Waals surface area contributed by atoms with Gasteiger partial charge in [-0.05, 0) is 58.6 Å². The van der Waals surface area contributed by atoms with Gasteiger partial charge in [-0.2, -0.15) is 4.52 Å². The van der Waals surface area contributed by atoms with Gasteiger partial charge in [-0.3, -0.25) is 0 Å². The molecule has 0 bridgehead atoms. The molecule has 2 heterocycles. The number of fused-ring (bicyclic) bond motifs is 1. The van der Waals surface area contributed by atoms with Gasteiger partial charge in [-0.25, -0.2) is 0 Å². The number of hydrogen-bond donors (Lipinski definition) is 1. The number of ether oxygens (including phenoxy) is 1. The summed E-state index contributed by atoms with van der Waals surface area (Å²) in [5.41, 5.74) is 1.94. The zero-order valence-corrected chi connectivity index (χ0v) is 14.2. The Morgan fingerprint density at radius 3 is 2.87 bits per heavy atom. The molecule has 2 aromatic heterocycles. The Morgan fingerprint density at radius 1 is 1.26 bits per heavy atom. The molecule has 1 N–H and O–H groups in total. The lowest BCUT2D eigenvalue weighted by Gasteiger charge is -2.08. The van der Waals surface area contributed by atoms with E-state index in [0.29, 0.717) is 12.5 Å². The van der Waals surface area contributed by atoms with Crippen LogP contribution in [0.5, 0.6) is 5.75 Å². The fraction of sp³-hybridized carbons (Fsp3) is 0.312. The first kappa shape index (κ1) is 14.4. The largest absolute Gasteiger partial charge is 0.496 e. The third kappa shape index (κ3) is 2.88. The monoisotopic (exact) mass is 373 g/mol. The summed E-state index contributed by atoms with van der Waals surface area (Å²) in [5, 5.41) is 16.4. The standard InChI is InChI=1S/C16H16BrN5O/c1-23-13-5-2-10(8-12(13)17)9-18-14-6-7-15-19-20-16(11-3-4-11)22(15)21-14/h2,5-8,11H,3-4,9H2,1H3,(H,18,21). The van der Waals surface area contributed by atoms with Crippen molar-refractivity contribution in [3.63, 3.8) is 0 Å². The summed E-state index contributed by atoms with van der Waals surface area (Å²) in [7, 11) is 1.66. The van der Waals surface area contributed by atoms with Gasteiger partial charge in [0.25, 0.3) is 0 Å². The molecule has 1 saturated carbocycles. The molecule has 1 aliphatic carbocycles. The maximum atomic E-state index is 5.25. The topological polar surface area (TPSA) is 64.3 Å². The van der Waals surface area contributed by atoms with E-state index >= 15 is 0 Å². The Bertz CT molecular complexity index is 859. The first-order valence-corrected chi connectivity index (χ1v) is 8.32. The van der Waals surface area contributed by atoms with Gasteiger partial charge in [0.15, 0.2) is 11.5 Å². The molecule has 6 nitrogen and oxygen atoms in total. The van der Waals surface area contributed by atoms with Crippen molar-refractivity contribution in [2.75, 3.05) is 12.4 Å². The highest BCUT2D eigenvalue weighted by Crippen LogP contribution is 2.38. The minimum Gasteiger partial charge on any atom is -0.496 e. The van der Waals surface area contributed by atoms with E-state index in [1.165, 1.54) is 12.8 Å². The number of halogens is 1. The molecule has 0 atom stereocenters. The first-order valence-electron chi connectivity index (χ1n) is 7.53. The molecular formula is C16H16BrN5O. The third-order valence-corrected chi connectivity index (χ3v) is 4.54. The highest BCUT2D eigenvalue weighted by molar-refractivity contribution is 9.10. The van der Waals surface area contributed by atoms with Crippen molar-refractivity contribution in [2.24, 2.45) is 0 Å². The normalized spacial score (nSPS) is 14.2. The third-order valence-electron chi connectivity index (χ3n) is 3.92. The van der Waals surface area contributed by atoms with Gasteiger partial charge < -0.3 is 10.1 Å². The lowest BCUT2D eigenvalue weighted by Crippen LogP contribution is -2.05. The van der Waals surface area contributed by atoms with Crippen LogP contribution in [0.4, 0.5) is 5.82 Å². The molecule has 1 aromatic carbocycles. The molecule has 0 aliphatic heterocycles. The maximum Gasteiger partial charge on any atom is 0.178 e. The molecule has 23 heavy (non-hydrogen) atoms. The van der Waals surface area contributed by atoms with E-state index in [1.54, 1.807) is 7.11 Å². The summed E-state index contributed by atoms with van der Waals surface area (Å²) in [5.74, 6) is 3.12. The van der Waals surface area contributed by atoms with Crippen LogP contribution in [0.15, 0.2) is 34.8 Å². The highest BCUT2D eigenvalue weighted by atomic mass is 79.9. The van der Waals surface area contributed by atoms with Crippen LogP contribution >= 0.6 is 15.9 Å². The Morgan fingerprint density at radius 2 is 2.13 bits per heavy atom. The number of aromatic nitrogens is 4. The predicted molar refractivity (Wildman–Crippen MR) is 90.8 cm³/mol. The zero-order chi connectivity index (χ0) is 15.8. The molecule has 1 fully saturated rings. The van der Waals surface area contributed by atoms with E-state index in [1.807, 2.05) is 34.8 Å². The van der Waals surface area contributed by atoms with E-state index in [4.69, 9.17) is 4.74 Å². The Kier molecular flexibility index (Phi) is 3.65. The lowest BCUT2D eigenvalue weighted by molar-refractivity contribution is 0.412. The number of hydrogen-bond acceptors (Lipinski definition) is 5. The van der Waals surface area contributed by atoms with E-state index in [2.05, 4.69) is 36.5 Å². The minimum atomic E-state index is 0.519. The van der Waals surface area contributed by atoms with Gasteiger partial charge in [-0.15, -0.1) is 15.3 Å². The Balaban J connectivity index is 1.53. The lowest BCUT2D eigenvalue weighted by atomic mass is 10.2. The molecule has 118 valence electrons. The van der Waals surface area contributed by atoms with Crippen LogP contribution in [0.1, 0.15) is 30.1 Å². The van der Waals surface area contributed by atoms with Crippen LogP contribution in [-0.4, -0.2) is 26.9 Å². The molecule has 7 heteroatoms. The van der Waals surface area contributed by atoms with Gasteiger partial charge in [0, 0.05) is 12.5 Å². The summed E-state index contributed by atoms with van der Waals surface area (Å²) >= 11 is 3.50. The van der Waals surface area contributed by atoms with Gasteiger partial charge in [0.1, 0.15) is 11.6 Å². The van der Waals surface area contributed by atoms with Crippen LogP contribution in [0.2, 0.25) is 0 Å². The summed E-state index contributed by atoms with van der Waals surface area (Å²) in [6.07, 6.45) is 2.36. The molecular weight excluding hydrogens is 358 g/mol. The molecule has 0 spiro atoms. The smallest absolute Gasteiger partial charge is 0.178 e. The van der Waals surface area contributed by atoms with E-state index in [9.17, 15) is 0 Å². The molecule has 0 unspecified atom stereocenters. The SMILES string of the molecule is COc1ccc(CNc2ccc3nnc(C4CC4)n3n2)cc1Br. The van der Waals surface area contributed by atoms with E-state index < -0.39 is 0 Å². The van der Waals surface area contributed by atoms with Crippen LogP contribution in [0.3, 0.4) is 0 Å². The molecule has 0 radical (unpaired) electrons. The second kappa shape index (κ2) is 5.81. The van der Waals surface area contributed by atoms with Crippen LogP contribution in [0.25, 0.3) is 5.65 Å². The average Bonchev–Trinajstić information content (AvgIpc) is 3.32. The quantitative estimate of drug-likeness (QED) is 0.742. The number of benzene rings is 1. The van der Waals surface area contributed by atoms with Gasteiger partial charge >= 0.3 is 0 Å². The fourth-order valence-corrected chi connectivity index (χ4v) is 3.10. The molecule has 4 rings (SSSR count). The highest BCUT2D eigenvalue weighted by Gasteiger charge is 2.29. The molecule has 3 aromatic rings. The van der Waals surface area contributed by atoms with Crippen LogP contribution < -0.4 is 10.1 Å². The Hall–Kier alpha value is -2.15. The number of anilines is 1. The molecule has 0 amide bonds. The van der Waals surface area contributed by atoms with Gasteiger partial charge in [0.05, 0.1) is 11.6 Å². The van der Waals surface area contributed by atoms with E-state index in [0.717, 1.165) is 33.1 Å². The summed E-state index contributed by atoms with van der Waals surface area (Å²) < 4.78 is 8.04. The average molecular weight is 374 g/mol. The summed E-state index contributed by atoms with van der Waals surface area (Å²) in [6, 6.07) is 9.89.